The van der Waals surface area contributed by atoms with Gasteiger partial charge in [-0.2, -0.15) is 13.2 Å². The summed E-state index contributed by atoms with van der Waals surface area (Å²) >= 11 is 11.9. The Labute approximate surface area is 234 Å². The highest BCUT2D eigenvalue weighted by atomic mass is 35.5. The second-order valence-electron chi connectivity index (χ2n) is 9.87. The molecular formula is C26H30Cl2F4N4O3. The molecule has 3 rings (SSSR count). The molecular weight excluding hydrogens is 563 g/mol. The topological polar surface area (TPSA) is 77.0 Å². The second kappa shape index (κ2) is 12.3. The maximum absolute atomic E-state index is 13.9. The number of likely N-dealkylation sites (N-methyl/N-ethyl adjacent to an activating group) is 1. The summed E-state index contributed by atoms with van der Waals surface area (Å²) in [5.74, 6) is -2.01. The molecule has 39 heavy (non-hydrogen) atoms. The third-order valence-corrected chi connectivity index (χ3v) is 7.37. The fraction of sp³-hybridized carbons (Fsp3) is 0.500. The van der Waals surface area contributed by atoms with Crippen LogP contribution in [0.3, 0.4) is 0 Å². The van der Waals surface area contributed by atoms with E-state index in [9.17, 15) is 32.3 Å². The van der Waals surface area contributed by atoms with E-state index in [0.717, 1.165) is 29.9 Å². The van der Waals surface area contributed by atoms with Gasteiger partial charge in [0, 0.05) is 51.4 Å². The van der Waals surface area contributed by atoms with Crippen molar-refractivity contribution >= 4 is 40.8 Å². The first-order chi connectivity index (χ1) is 18.1. The number of benzene rings is 1. The Morgan fingerprint density at radius 1 is 1.10 bits per heavy atom. The van der Waals surface area contributed by atoms with Crippen LogP contribution in [0.5, 0.6) is 0 Å². The third-order valence-electron chi connectivity index (χ3n) is 6.86. The Morgan fingerprint density at radius 3 is 2.28 bits per heavy atom. The zero-order valence-electron chi connectivity index (χ0n) is 21.7. The Hall–Kier alpha value is -2.63. The lowest BCUT2D eigenvalue weighted by Crippen LogP contribution is -2.55. The Bertz CT molecular complexity index is 1190. The number of carbonyl (C=O) groups is 2. The van der Waals surface area contributed by atoms with Crippen molar-refractivity contribution in [1.82, 2.24) is 14.8 Å². The van der Waals surface area contributed by atoms with E-state index >= 15 is 0 Å². The number of piperidine rings is 1. The molecule has 0 aliphatic carbocycles. The minimum atomic E-state index is -5.39. The van der Waals surface area contributed by atoms with Crippen molar-refractivity contribution in [2.24, 2.45) is 5.92 Å². The van der Waals surface area contributed by atoms with Gasteiger partial charge in [-0.15, -0.1) is 0 Å². The molecule has 1 saturated heterocycles. The van der Waals surface area contributed by atoms with E-state index in [1.165, 1.54) is 11.9 Å². The van der Waals surface area contributed by atoms with E-state index in [1.807, 2.05) is 0 Å². The maximum atomic E-state index is 13.9. The minimum Gasteiger partial charge on any atom is -0.368 e. The zero-order valence-corrected chi connectivity index (χ0v) is 23.2. The normalized spacial score (nSPS) is 16.1. The fourth-order valence-electron chi connectivity index (χ4n) is 4.62. The highest BCUT2D eigenvalue weighted by Crippen LogP contribution is 2.41. The number of hydrogen-bond donors (Lipinski definition) is 1. The smallest absolute Gasteiger partial charge is 0.368 e. The number of aromatic nitrogens is 1. The van der Waals surface area contributed by atoms with Crippen molar-refractivity contribution in [2.45, 2.75) is 37.5 Å². The standard InChI is InChI=1S/C26H30Cl2F4N4O3/c1-34(2)23(37)20-6-7-21(33-22(20)28)36-11-8-16(9-12-36)5-4-10-35(3)24(38)25(39,26(30,31)32)17-13-18(27)15-19(29)14-17/h6-7,13-16,39H,4-5,8-12H2,1-3H3/t25-/m1/s1. The number of carbonyl (C=O) groups excluding carboxylic acids is 2. The van der Waals surface area contributed by atoms with Crippen molar-refractivity contribution in [1.29, 1.82) is 0 Å². The summed E-state index contributed by atoms with van der Waals surface area (Å²) in [4.78, 5) is 33.6. The van der Waals surface area contributed by atoms with Gasteiger partial charge in [-0.1, -0.05) is 23.2 Å². The van der Waals surface area contributed by atoms with Gasteiger partial charge < -0.3 is 19.8 Å². The highest BCUT2D eigenvalue weighted by molar-refractivity contribution is 6.32. The van der Waals surface area contributed by atoms with Gasteiger partial charge >= 0.3 is 6.18 Å². The lowest BCUT2D eigenvalue weighted by molar-refractivity contribution is -0.261. The monoisotopic (exact) mass is 592 g/mol. The quantitative estimate of drug-likeness (QED) is 0.339. The number of rotatable bonds is 8. The van der Waals surface area contributed by atoms with Gasteiger partial charge in [0.1, 0.15) is 16.8 Å². The number of amides is 2. The van der Waals surface area contributed by atoms with Crippen LogP contribution in [-0.4, -0.2) is 78.7 Å². The molecule has 1 aliphatic heterocycles. The van der Waals surface area contributed by atoms with E-state index < -0.39 is 29.1 Å². The van der Waals surface area contributed by atoms with E-state index in [-0.39, 0.29) is 28.5 Å². The molecule has 2 heterocycles. The van der Waals surface area contributed by atoms with Gasteiger partial charge in [-0.05, 0) is 61.9 Å². The molecule has 1 aromatic carbocycles. The van der Waals surface area contributed by atoms with Crippen LogP contribution >= 0.6 is 23.2 Å². The van der Waals surface area contributed by atoms with E-state index in [4.69, 9.17) is 23.2 Å². The summed E-state index contributed by atoms with van der Waals surface area (Å²) < 4.78 is 55.4. The Kier molecular flexibility index (Phi) is 9.72. The molecule has 1 atom stereocenters. The summed E-state index contributed by atoms with van der Waals surface area (Å²) in [5.41, 5.74) is -4.59. The van der Waals surface area contributed by atoms with Gasteiger partial charge in [0.2, 0.25) is 0 Å². The fourth-order valence-corrected chi connectivity index (χ4v) is 5.07. The number of nitrogens with zero attached hydrogens (tertiary/aromatic N) is 4. The zero-order chi connectivity index (χ0) is 29.1. The predicted molar refractivity (Wildman–Crippen MR) is 140 cm³/mol. The molecule has 2 amide bonds. The average molecular weight is 593 g/mol. The first-order valence-electron chi connectivity index (χ1n) is 12.3. The molecule has 7 nitrogen and oxygen atoms in total. The van der Waals surface area contributed by atoms with Crippen molar-refractivity contribution in [3.05, 3.63) is 57.5 Å². The molecule has 1 N–H and O–H groups in total. The number of halogens is 6. The van der Waals surface area contributed by atoms with Crippen LogP contribution in [0.25, 0.3) is 0 Å². The van der Waals surface area contributed by atoms with Crippen LogP contribution < -0.4 is 4.90 Å². The summed E-state index contributed by atoms with van der Waals surface area (Å²) in [6.45, 7) is 1.33. The highest BCUT2D eigenvalue weighted by Gasteiger charge is 2.61. The van der Waals surface area contributed by atoms with Crippen LogP contribution in [0.1, 0.15) is 41.6 Å². The van der Waals surface area contributed by atoms with Gasteiger partial charge in [0.05, 0.1) is 5.56 Å². The average Bonchev–Trinajstić information content (AvgIpc) is 2.86. The summed E-state index contributed by atoms with van der Waals surface area (Å²) in [7, 11) is 4.42. The Balaban J connectivity index is 1.56. The van der Waals surface area contributed by atoms with Crippen LogP contribution in [0, 0.1) is 11.7 Å². The van der Waals surface area contributed by atoms with Gasteiger partial charge in [-0.25, -0.2) is 9.37 Å². The number of aliphatic hydroxyl groups is 1. The minimum absolute atomic E-state index is 0.0288. The second-order valence-corrected chi connectivity index (χ2v) is 10.7. The molecule has 13 heteroatoms. The summed E-state index contributed by atoms with van der Waals surface area (Å²) in [6.07, 6.45) is -2.73. The molecule has 1 fully saturated rings. The largest absolute Gasteiger partial charge is 0.430 e. The van der Waals surface area contributed by atoms with E-state index in [2.05, 4.69) is 9.88 Å². The van der Waals surface area contributed by atoms with Crippen LogP contribution in [0.2, 0.25) is 10.2 Å². The number of alkyl halides is 3. The van der Waals surface area contributed by atoms with Gasteiger partial charge in [0.15, 0.2) is 0 Å². The molecule has 214 valence electrons. The van der Waals surface area contributed by atoms with Crippen LogP contribution in [0.15, 0.2) is 30.3 Å². The molecule has 1 aliphatic rings. The van der Waals surface area contributed by atoms with Crippen LogP contribution in [-0.2, 0) is 10.4 Å². The van der Waals surface area contributed by atoms with E-state index in [1.54, 1.807) is 26.2 Å². The van der Waals surface area contributed by atoms with Crippen LogP contribution in [0.4, 0.5) is 23.4 Å². The number of hydrogen-bond acceptors (Lipinski definition) is 5. The summed E-state index contributed by atoms with van der Waals surface area (Å²) in [6, 6.07) is 5.36. The lowest BCUT2D eigenvalue weighted by Gasteiger charge is -2.34. The molecule has 0 saturated carbocycles. The molecule has 0 radical (unpaired) electrons. The molecule has 0 spiro atoms. The van der Waals surface area contributed by atoms with Gasteiger partial charge in [-0.3, -0.25) is 9.59 Å². The number of pyridine rings is 1. The molecule has 0 unspecified atom stereocenters. The van der Waals surface area contributed by atoms with Crippen molar-refractivity contribution in [2.75, 3.05) is 45.7 Å². The molecule has 0 bridgehead atoms. The first-order valence-corrected chi connectivity index (χ1v) is 13.0. The predicted octanol–water partition coefficient (Wildman–Crippen LogP) is 5.13. The SMILES string of the molecule is CN(C)C(=O)c1ccc(N2CCC(CCCN(C)C(=O)[C@](O)(c3cc(F)cc(Cl)c3)C(F)(F)F)CC2)nc1Cl. The first kappa shape index (κ1) is 30.9. The molecule has 2 aromatic rings. The van der Waals surface area contributed by atoms with Crippen molar-refractivity contribution in [3.63, 3.8) is 0 Å². The maximum Gasteiger partial charge on any atom is 0.430 e. The summed E-state index contributed by atoms with van der Waals surface area (Å²) in [5, 5.41) is 10.3. The van der Waals surface area contributed by atoms with E-state index in [0.29, 0.717) is 43.4 Å². The molecule has 1 aromatic heterocycles. The van der Waals surface area contributed by atoms with Crippen molar-refractivity contribution < 1.29 is 32.3 Å². The Morgan fingerprint density at radius 2 is 1.74 bits per heavy atom. The van der Waals surface area contributed by atoms with Crippen molar-refractivity contribution in [3.8, 4) is 0 Å². The third kappa shape index (κ3) is 6.93. The van der Waals surface area contributed by atoms with Gasteiger partial charge in [0.25, 0.3) is 17.4 Å². The lowest BCUT2D eigenvalue weighted by atomic mass is 9.90. The number of anilines is 1.